The van der Waals surface area contributed by atoms with Crippen molar-refractivity contribution in [3.8, 4) is 5.75 Å². The van der Waals surface area contributed by atoms with Crippen LogP contribution in [0.1, 0.15) is 24.5 Å². The number of ether oxygens (including phenoxy) is 1. The number of aromatic nitrogens is 1. The van der Waals surface area contributed by atoms with Crippen LogP contribution in [0.25, 0.3) is 21.8 Å². The molecule has 0 radical (unpaired) electrons. The molecule has 0 aliphatic rings. The molecule has 7 heteroatoms. The van der Waals surface area contributed by atoms with E-state index in [1.807, 2.05) is 6.07 Å². The van der Waals surface area contributed by atoms with Gasteiger partial charge in [0.1, 0.15) is 0 Å². The number of hydrogen-bond donors (Lipinski definition) is 1. The van der Waals surface area contributed by atoms with E-state index in [1.54, 1.807) is 12.1 Å². The first-order valence-corrected chi connectivity index (χ1v) is 11.3. The van der Waals surface area contributed by atoms with Crippen molar-refractivity contribution in [1.29, 1.82) is 0 Å². The minimum atomic E-state index is -0.399. The maximum absolute atomic E-state index is 11.4. The van der Waals surface area contributed by atoms with Gasteiger partial charge in [-0.05, 0) is 55.3 Å². The molecule has 33 heavy (non-hydrogen) atoms. The summed E-state index contributed by atoms with van der Waals surface area (Å²) < 4.78 is 7.48. The molecule has 1 aromatic heterocycles. The minimum Gasteiger partial charge on any atom is -0.490 e. The van der Waals surface area contributed by atoms with Gasteiger partial charge in [-0.3, -0.25) is 15.0 Å². The molecule has 4 rings (SSSR count). The van der Waals surface area contributed by atoms with Crippen LogP contribution < -0.4 is 10.5 Å². The topological polar surface area (TPSA) is 86.6 Å². The average molecular weight is 447 g/mol. The lowest BCUT2D eigenvalue weighted by Gasteiger charge is -2.22. The molecule has 0 saturated carbocycles. The van der Waals surface area contributed by atoms with Crippen LogP contribution in [0.15, 0.2) is 60.7 Å². The van der Waals surface area contributed by atoms with Crippen molar-refractivity contribution in [2.24, 2.45) is 5.73 Å². The Kier molecular flexibility index (Phi) is 6.91. The van der Waals surface area contributed by atoms with E-state index in [1.165, 1.54) is 34.5 Å². The lowest BCUT2D eigenvalue weighted by Crippen LogP contribution is -2.25. The molecule has 0 spiro atoms. The van der Waals surface area contributed by atoms with Gasteiger partial charge in [0.2, 0.25) is 0 Å². The molecule has 3 aromatic carbocycles. The van der Waals surface area contributed by atoms with Crippen LogP contribution in [-0.4, -0.2) is 34.6 Å². The van der Waals surface area contributed by atoms with E-state index in [2.05, 4.69) is 58.9 Å². The predicted octanol–water partition coefficient (Wildman–Crippen LogP) is 5.08. The predicted molar refractivity (Wildman–Crippen MR) is 133 cm³/mol. The van der Waals surface area contributed by atoms with Crippen molar-refractivity contribution in [2.45, 2.75) is 33.0 Å². The zero-order valence-corrected chi connectivity index (χ0v) is 19.2. The van der Waals surface area contributed by atoms with Crippen LogP contribution in [0.4, 0.5) is 5.69 Å². The van der Waals surface area contributed by atoms with Gasteiger partial charge in [-0.2, -0.15) is 0 Å². The van der Waals surface area contributed by atoms with Gasteiger partial charge in [0.25, 0.3) is 0 Å². The van der Waals surface area contributed by atoms with Gasteiger partial charge in [-0.15, -0.1) is 0 Å². The molecule has 4 aromatic rings. The fraction of sp³-hybridized carbons (Fsp3) is 0.308. The second-order valence-electron chi connectivity index (χ2n) is 8.23. The molecule has 0 unspecified atom stereocenters. The number of nitrogens with zero attached hydrogens (tertiary/aromatic N) is 3. The van der Waals surface area contributed by atoms with Crippen LogP contribution in [-0.2, 0) is 19.6 Å². The van der Waals surface area contributed by atoms with Crippen LogP contribution in [0, 0.1) is 10.1 Å². The Balaban J connectivity index is 1.64. The highest BCUT2D eigenvalue weighted by Crippen LogP contribution is 2.31. The molecule has 0 atom stereocenters. The molecule has 0 bridgehead atoms. The van der Waals surface area contributed by atoms with E-state index in [4.69, 9.17) is 10.5 Å². The third-order valence-corrected chi connectivity index (χ3v) is 6.08. The third-order valence-electron chi connectivity index (χ3n) is 6.08. The van der Waals surface area contributed by atoms with E-state index < -0.39 is 4.92 Å². The van der Waals surface area contributed by atoms with Gasteiger partial charge in [0.05, 0.1) is 12.0 Å². The first-order chi connectivity index (χ1) is 16.0. The van der Waals surface area contributed by atoms with Crippen molar-refractivity contribution in [3.63, 3.8) is 0 Å². The zero-order valence-electron chi connectivity index (χ0n) is 19.2. The molecular formula is C26H30N4O3. The Morgan fingerprint density at radius 2 is 1.70 bits per heavy atom. The Labute approximate surface area is 193 Å². The molecular weight excluding hydrogens is 416 g/mol. The van der Waals surface area contributed by atoms with Gasteiger partial charge < -0.3 is 15.0 Å². The summed E-state index contributed by atoms with van der Waals surface area (Å²) in [4.78, 5) is 13.3. The fourth-order valence-electron chi connectivity index (χ4n) is 4.56. The number of fused-ring (bicyclic) bond motifs is 3. The van der Waals surface area contributed by atoms with E-state index in [9.17, 15) is 10.1 Å². The van der Waals surface area contributed by atoms with Crippen LogP contribution >= 0.6 is 0 Å². The van der Waals surface area contributed by atoms with Gasteiger partial charge in [-0.25, -0.2) is 0 Å². The van der Waals surface area contributed by atoms with E-state index in [-0.39, 0.29) is 11.4 Å². The molecule has 7 nitrogen and oxygen atoms in total. The van der Waals surface area contributed by atoms with Crippen LogP contribution in [0.5, 0.6) is 5.75 Å². The highest BCUT2D eigenvalue weighted by molar-refractivity contribution is 6.08. The molecule has 172 valence electrons. The molecule has 1 heterocycles. The molecule has 0 aliphatic heterocycles. The molecule has 0 aliphatic carbocycles. The highest BCUT2D eigenvalue weighted by atomic mass is 16.6. The molecule has 0 amide bonds. The number of nitro benzene ring substituents is 1. The summed E-state index contributed by atoms with van der Waals surface area (Å²) in [5.41, 5.74) is 10.3. The summed E-state index contributed by atoms with van der Waals surface area (Å²) in [5.74, 6) is 0.273. The summed E-state index contributed by atoms with van der Waals surface area (Å²) in [6.07, 6.45) is 0.857. The molecule has 2 N–H and O–H groups in total. The van der Waals surface area contributed by atoms with Crippen molar-refractivity contribution >= 4 is 27.5 Å². The summed E-state index contributed by atoms with van der Waals surface area (Å²) >= 11 is 0. The Morgan fingerprint density at radius 3 is 2.39 bits per heavy atom. The summed E-state index contributed by atoms with van der Waals surface area (Å²) in [7, 11) is 1.45. The number of para-hydroxylation sites is 1. The van der Waals surface area contributed by atoms with Gasteiger partial charge in [0.15, 0.2) is 5.75 Å². The minimum absolute atomic E-state index is 0.0115. The first-order valence-electron chi connectivity index (χ1n) is 11.3. The fourth-order valence-corrected chi connectivity index (χ4v) is 4.56. The lowest BCUT2D eigenvalue weighted by molar-refractivity contribution is -0.385. The number of rotatable bonds is 10. The van der Waals surface area contributed by atoms with Gasteiger partial charge >= 0.3 is 5.69 Å². The van der Waals surface area contributed by atoms with Crippen molar-refractivity contribution < 1.29 is 9.66 Å². The third kappa shape index (κ3) is 4.69. The van der Waals surface area contributed by atoms with Gasteiger partial charge in [-0.1, -0.05) is 30.3 Å². The monoisotopic (exact) mass is 446 g/mol. The molecule has 0 fully saturated rings. The number of nitrogens with two attached hydrogens (primary N) is 1. The maximum Gasteiger partial charge on any atom is 0.311 e. The number of benzene rings is 3. The van der Waals surface area contributed by atoms with Crippen molar-refractivity contribution in [2.75, 3.05) is 20.2 Å². The Hall–Kier alpha value is -3.42. The quantitative estimate of drug-likeness (QED) is 0.271. The number of hydrogen-bond acceptors (Lipinski definition) is 5. The maximum atomic E-state index is 11.4. The van der Waals surface area contributed by atoms with Crippen LogP contribution in [0.3, 0.4) is 0 Å². The van der Waals surface area contributed by atoms with E-state index in [0.29, 0.717) is 13.1 Å². The first kappa shape index (κ1) is 22.8. The number of nitro groups is 1. The Bertz CT molecular complexity index is 1280. The average Bonchev–Trinajstić information content (AvgIpc) is 3.15. The highest BCUT2D eigenvalue weighted by Gasteiger charge is 2.17. The standard InChI is InChI=1S/C26H30N4O3/c1-3-29-23-8-5-4-7-21(23)22-15-19(9-11-24(22)29)17-28(14-6-13-27)18-20-10-12-26(33-2)25(16-20)30(31)32/h4-5,7-12,15-16H,3,6,13-14,17-18,27H2,1-2H3. The zero-order chi connectivity index (χ0) is 23.4. The second-order valence-corrected chi connectivity index (χ2v) is 8.23. The largest absolute Gasteiger partial charge is 0.490 e. The van der Waals surface area contributed by atoms with E-state index >= 15 is 0 Å². The van der Waals surface area contributed by atoms with Crippen molar-refractivity contribution in [3.05, 3.63) is 81.9 Å². The number of aryl methyl sites for hydroxylation is 1. The number of methoxy groups -OCH3 is 1. The Morgan fingerprint density at radius 1 is 1.00 bits per heavy atom. The van der Waals surface area contributed by atoms with Crippen molar-refractivity contribution in [1.82, 2.24) is 9.47 Å². The normalized spacial score (nSPS) is 11.5. The second kappa shape index (κ2) is 10.0. The molecule has 0 saturated heterocycles. The lowest BCUT2D eigenvalue weighted by atomic mass is 10.1. The SMILES string of the molecule is CCn1c2ccccc2c2cc(CN(CCCN)Cc3ccc(OC)c([N+](=O)[O-])c3)ccc21. The van der Waals surface area contributed by atoms with Gasteiger partial charge in [0, 0.05) is 54.1 Å². The smallest absolute Gasteiger partial charge is 0.311 e. The summed E-state index contributed by atoms with van der Waals surface area (Å²) in [6.45, 7) is 5.83. The summed E-state index contributed by atoms with van der Waals surface area (Å²) in [5, 5.41) is 13.9. The van der Waals surface area contributed by atoms with E-state index in [0.717, 1.165) is 31.6 Å². The summed E-state index contributed by atoms with van der Waals surface area (Å²) in [6, 6.07) is 20.3. The van der Waals surface area contributed by atoms with Crippen LogP contribution in [0.2, 0.25) is 0 Å².